The number of rotatable bonds is 2. The molecule has 72 valence electrons. The number of nitrogens with zero attached hydrogens (tertiary/aromatic N) is 1. The van der Waals surface area contributed by atoms with E-state index < -0.39 is 0 Å². The molecule has 0 saturated carbocycles. The van der Waals surface area contributed by atoms with Gasteiger partial charge >= 0.3 is 0 Å². The Bertz CT molecular complexity index is 266. The second-order valence-electron chi connectivity index (χ2n) is 3.40. The Labute approximate surface area is 76.9 Å². The summed E-state index contributed by atoms with van der Waals surface area (Å²) in [4.78, 5) is 0. The predicted molar refractivity (Wildman–Crippen MR) is 47.3 cm³/mol. The van der Waals surface area contributed by atoms with Crippen LogP contribution in [0.4, 0.5) is 0 Å². The molecule has 1 aliphatic heterocycles. The van der Waals surface area contributed by atoms with Gasteiger partial charge in [0, 0.05) is 12.0 Å². The van der Waals surface area contributed by atoms with Crippen LogP contribution in [0.15, 0.2) is 10.6 Å². The first-order chi connectivity index (χ1) is 6.40. The molecule has 0 radical (unpaired) electrons. The molecule has 0 aromatic carbocycles. The summed E-state index contributed by atoms with van der Waals surface area (Å²) in [6.45, 7) is 2.04. The van der Waals surface area contributed by atoms with E-state index in [1.807, 2.05) is 6.07 Å². The van der Waals surface area contributed by atoms with Gasteiger partial charge < -0.3 is 14.9 Å². The molecule has 0 amide bonds. The highest BCUT2D eigenvalue weighted by atomic mass is 16.5. The van der Waals surface area contributed by atoms with E-state index in [-0.39, 0.29) is 6.61 Å². The lowest BCUT2D eigenvalue weighted by molar-refractivity contribution is 0.227. The molecule has 1 fully saturated rings. The maximum absolute atomic E-state index is 8.80. The molecule has 1 aromatic heterocycles. The molecule has 4 nitrogen and oxygen atoms in total. The van der Waals surface area contributed by atoms with Crippen molar-refractivity contribution < 1.29 is 9.63 Å². The number of piperidine rings is 1. The van der Waals surface area contributed by atoms with Crippen molar-refractivity contribution in [3.05, 3.63) is 17.5 Å². The molecular weight excluding hydrogens is 168 g/mol. The summed E-state index contributed by atoms with van der Waals surface area (Å²) in [5.41, 5.74) is 0.991. The molecular formula is C9H14N2O2. The summed E-state index contributed by atoms with van der Waals surface area (Å²) in [6, 6.07) is 1.86. The molecule has 4 heteroatoms. The predicted octanol–water partition coefficient (Wildman–Crippen LogP) is 0.634. The molecule has 1 aliphatic rings. The lowest BCUT2D eigenvalue weighted by Crippen LogP contribution is -2.26. The van der Waals surface area contributed by atoms with Gasteiger partial charge in [0.25, 0.3) is 0 Å². The topological polar surface area (TPSA) is 58.3 Å². The van der Waals surface area contributed by atoms with Crippen LogP contribution in [0.5, 0.6) is 0 Å². The lowest BCUT2D eigenvalue weighted by Gasteiger charge is -2.19. The van der Waals surface area contributed by atoms with Crippen LogP contribution in [0.25, 0.3) is 0 Å². The number of nitrogens with one attached hydrogen (secondary N) is 1. The van der Waals surface area contributed by atoms with E-state index in [1.165, 1.54) is 0 Å². The molecule has 0 bridgehead atoms. The van der Waals surface area contributed by atoms with E-state index in [0.717, 1.165) is 31.6 Å². The highest BCUT2D eigenvalue weighted by Crippen LogP contribution is 2.24. The quantitative estimate of drug-likeness (QED) is 0.704. The van der Waals surface area contributed by atoms with Gasteiger partial charge in [0.2, 0.25) is 0 Å². The van der Waals surface area contributed by atoms with E-state index >= 15 is 0 Å². The average Bonchev–Trinajstić information content (AvgIpc) is 2.67. The molecule has 2 rings (SSSR count). The number of hydrogen-bond acceptors (Lipinski definition) is 4. The number of aromatic nitrogens is 1. The van der Waals surface area contributed by atoms with Gasteiger partial charge in [-0.15, -0.1) is 0 Å². The van der Waals surface area contributed by atoms with Gasteiger partial charge in [0.1, 0.15) is 6.61 Å². The van der Waals surface area contributed by atoms with Gasteiger partial charge in [0.05, 0.1) is 5.69 Å². The SMILES string of the molecule is OCc1cc(C2CCNCC2)no1. The molecule has 0 aliphatic carbocycles. The van der Waals surface area contributed by atoms with E-state index in [0.29, 0.717) is 11.7 Å². The van der Waals surface area contributed by atoms with Gasteiger partial charge in [-0.25, -0.2) is 0 Å². The van der Waals surface area contributed by atoms with Crippen LogP contribution >= 0.6 is 0 Å². The van der Waals surface area contributed by atoms with E-state index in [9.17, 15) is 0 Å². The zero-order valence-electron chi connectivity index (χ0n) is 7.49. The third kappa shape index (κ3) is 1.89. The zero-order chi connectivity index (χ0) is 9.10. The first-order valence-electron chi connectivity index (χ1n) is 4.67. The van der Waals surface area contributed by atoms with Crippen LogP contribution < -0.4 is 5.32 Å². The summed E-state index contributed by atoms with van der Waals surface area (Å²) in [5.74, 6) is 1.07. The Morgan fingerprint density at radius 1 is 1.54 bits per heavy atom. The summed E-state index contributed by atoms with van der Waals surface area (Å²) < 4.78 is 4.95. The summed E-state index contributed by atoms with van der Waals surface area (Å²) >= 11 is 0. The maximum Gasteiger partial charge on any atom is 0.162 e. The molecule has 0 spiro atoms. The first-order valence-corrected chi connectivity index (χ1v) is 4.67. The smallest absolute Gasteiger partial charge is 0.162 e. The Morgan fingerprint density at radius 3 is 2.92 bits per heavy atom. The van der Waals surface area contributed by atoms with Crippen molar-refractivity contribution in [2.75, 3.05) is 13.1 Å². The zero-order valence-corrected chi connectivity index (χ0v) is 7.49. The molecule has 2 N–H and O–H groups in total. The summed E-state index contributed by atoms with van der Waals surface area (Å²) in [6.07, 6.45) is 2.22. The third-order valence-electron chi connectivity index (χ3n) is 2.49. The summed E-state index contributed by atoms with van der Waals surface area (Å²) in [5, 5.41) is 16.0. The fourth-order valence-electron chi connectivity index (χ4n) is 1.71. The van der Waals surface area contributed by atoms with Crippen LogP contribution in [-0.4, -0.2) is 23.4 Å². The minimum Gasteiger partial charge on any atom is -0.388 e. The van der Waals surface area contributed by atoms with Crippen molar-refractivity contribution in [1.29, 1.82) is 0 Å². The molecule has 0 unspecified atom stereocenters. The molecule has 1 aromatic rings. The normalized spacial score (nSPS) is 19.2. The van der Waals surface area contributed by atoms with E-state index in [4.69, 9.17) is 9.63 Å². The van der Waals surface area contributed by atoms with Gasteiger partial charge in [-0.05, 0) is 25.9 Å². The Kier molecular flexibility index (Phi) is 2.61. The van der Waals surface area contributed by atoms with Crippen molar-refractivity contribution >= 4 is 0 Å². The maximum atomic E-state index is 8.80. The van der Waals surface area contributed by atoms with Crippen LogP contribution in [0.1, 0.15) is 30.2 Å². The second kappa shape index (κ2) is 3.89. The largest absolute Gasteiger partial charge is 0.388 e. The van der Waals surface area contributed by atoms with Crippen LogP contribution in [0.3, 0.4) is 0 Å². The van der Waals surface area contributed by atoms with Crippen molar-refractivity contribution in [1.82, 2.24) is 10.5 Å². The Hall–Kier alpha value is -0.870. The van der Waals surface area contributed by atoms with Gasteiger partial charge in [-0.3, -0.25) is 0 Å². The van der Waals surface area contributed by atoms with E-state index in [2.05, 4.69) is 10.5 Å². The number of aliphatic hydroxyl groups excluding tert-OH is 1. The van der Waals surface area contributed by atoms with Crippen LogP contribution in [0.2, 0.25) is 0 Å². The van der Waals surface area contributed by atoms with E-state index in [1.54, 1.807) is 0 Å². The average molecular weight is 182 g/mol. The minimum absolute atomic E-state index is 0.0576. The number of aliphatic hydroxyl groups is 1. The molecule has 0 atom stereocenters. The minimum atomic E-state index is -0.0576. The van der Waals surface area contributed by atoms with Crippen LogP contribution in [0, 0.1) is 0 Å². The first kappa shape index (κ1) is 8.72. The van der Waals surface area contributed by atoms with Crippen molar-refractivity contribution in [3.8, 4) is 0 Å². The van der Waals surface area contributed by atoms with Crippen molar-refractivity contribution in [2.24, 2.45) is 0 Å². The highest BCUT2D eigenvalue weighted by molar-refractivity contribution is 5.10. The standard InChI is InChI=1S/C9H14N2O2/c12-6-8-5-9(11-13-8)7-1-3-10-4-2-7/h5,7,10,12H,1-4,6H2. The monoisotopic (exact) mass is 182 g/mol. The van der Waals surface area contributed by atoms with Gasteiger partial charge in [0.15, 0.2) is 5.76 Å². The lowest BCUT2D eigenvalue weighted by atomic mass is 9.95. The Balaban J connectivity index is 2.05. The third-order valence-corrected chi connectivity index (χ3v) is 2.49. The molecule has 2 heterocycles. The van der Waals surface area contributed by atoms with Gasteiger partial charge in [-0.2, -0.15) is 0 Å². The summed E-state index contributed by atoms with van der Waals surface area (Å²) in [7, 11) is 0. The molecule has 13 heavy (non-hydrogen) atoms. The Morgan fingerprint density at radius 2 is 2.31 bits per heavy atom. The van der Waals surface area contributed by atoms with Crippen molar-refractivity contribution in [3.63, 3.8) is 0 Å². The number of hydrogen-bond donors (Lipinski definition) is 2. The fourth-order valence-corrected chi connectivity index (χ4v) is 1.71. The molecule has 1 saturated heterocycles. The fraction of sp³-hybridized carbons (Fsp3) is 0.667. The second-order valence-corrected chi connectivity index (χ2v) is 3.40. The van der Waals surface area contributed by atoms with Crippen molar-refractivity contribution in [2.45, 2.75) is 25.4 Å². The highest BCUT2D eigenvalue weighted by Gasteiger charge is 2.18. The van der Waals surface area contributed by atoms with Crippen LogP contribution in [-0.2, 0) is 6.61 Å². The van der Waals surface area contributed by atoms with Gasteiger partial charge in [-0.1, -0.05) is 5.16 Å².